The van der Waals surface area contributed by atoms with Gasteiger partial charge in [-0.3, -0.25) is 4.90 Å². The second kappa shape index (κ2) is 3.41. The second-order valence-electron chi connectivity index (χ2n) is 4.43. The van der Waals surface area contributed by atoms with E-state index in [9.17, 15) is 4.39 Å². The Morgan fingerprint density at radius 2 is 2.08 bits per heavy atom. The molecule has 3 unspecified atom stereocenters. The van der Waals surface area contributed by atoms with E-state index in [1.54, 1.807) is 0 Å². The fourth-order valence-electron chi connectivity index (χ4n) is 2.59. The Kier molecular flexibility index (Phi) is 2.41. The molecule has 13 heavy (non-hydrogen) atoms. The highest BCUT2D eigenvalue weighted by atomic mass is 19.1. The van der Waals surface area contributed by atoms with Gasteiger partial charge in [0.05, 0.1) is 0 Å². The SMILES string of the molecule is CC1C=CC2C[C@@H](F)CCC2N1C. The molecule has 0 bridgehead atoms. The maximum atomic E-state index is 13.1. The molecule has 0 spiro atoms. The third-order valence-electron chi connectivity index (χ3n) is 3.60. The van der Waals surface area contributed by atoms with E-state index in [2.05, 4.69) is 31.0 Å². The molecule has 0 radical (unpaired) electrons. The van der Waals surface area contributed by atoms with Crippen molar-refractivity contribution in [2.45, 2.75) is 44.4 Å². The molecule has 2 rings (SSSR count). The molecule has 4 atom stereocenters. The van der Waals surface area contributed by atoms with Crippen molar-refractivity contribution >= 4 is 0 Å². The molecule has 0 saturated heterocycles. The molecular weight excluding hydrogens is 165 g/mol. The molecule has 0 aromatic heterocycles. The minimum atomic E-state index is -0.562. The zero-order chi connectivity index (χ0) is 9.42. The molecule has 1 nitrogen and oxygen atoms in total. The van der Waals surface area contributed by atoms with Crippen molar-refractivity contribution in [1.29, 1.82) is 0 Å². The number of halogens is 1. The lowest BCUT2D eigenvalue weighted by Crippen LogP contribution is -2.47. The predicted molar refractivity (Wildman–Crippen MR) is 52.4 cm³/mol. The van der Waals surface area contributed by atoms with Gasteiger partial charge in [0.25, 0.3) is 0 Å². The molecule has 0 aromatic carbocycles. The van der Waals surface area contributed by atoms with E-state index >= 15 is 0 Å². The number of alkyl halides is 1. The molecule has 1 fully saturated rings. The Bertz CT molecular complexity index is 214. The van der Waals surface area contributed by atoms with Crippen LogP contribution >= 0.6 is 0 Å². The maximum Gasteiger partial charge on any atom is 0.101 e. The highest BCUT2D eigenvalue weighted by Gasteiger charge is 2.34. The molecule has 1 heterocycles. The van der Waals surface area contributed by atoms with Crippen LogP contribution in [0.5, 0.6) is 0 Å². The molecule has 0 N–H and O–H groups in total. The summed E-state index contributed by atoms with van der Waals surface area (Å²) < 4.78 is 13.1. The van der Waals surface area contributed by atoms with Crippen LogP contribution < -0.4 is 0 Å². The minimum Gasteiger partial charge on any atom is -0.297 e. The standard InChI is InChI=1S/C11H18FN/c1-8-3-4-9-7-10(12)5-6-11(9)13(8)2/h3-4,8-11H,5-7H2,1-2H3/t8?,9?,10-,11?/m0/s1. The summed E-state index contributed by atoms with van der Waals surface area (Å²) in [6, 6.07) is 1.12. The number of nitrogens with zero attached hydrogens (tertiary/aromatic N) is 1. The lowest BCUT2D eigenvalue weighted by molar-refractivity contribution is 0.0835. The van der Waals surface area contributed by atoms with Crippen LogP contribution in [-0.4, -0.2) is 30.2 Å². The summed E-state index contributed by atoms with van der Waals surface area (Å²) in [5.74, 6) is 0.463. The fraction of sp³-hybridized carbons (Fsp3) is 0.818. The van der Waals surface area contributed by atoms with Crippen molar-refractivity contribution in [1.82, 2.24) is 4.90 Å². The van der Waals surface area contributed by atoms with Crippen molar-refractivity contribution in [3.8, 4) is 0 Å². The lowest BCUT2D eigenvalue weighted by atomic mass is 9.80. The summed E-state index contributed by atoms with van der Waals surface area (Å²) in [4.78, 5) is 2.39. The van der Waals surface area contributed by atoms with Gasteiger partial charge in [-0.05, 0) is 39.2 Å². The summed E-state index contributed by atoms with van der Waals surface area (Å²) >= 11 is 0. The summed E-state index contributed by atoms with van der Waals surface area (Å²) in [5.41, 5.74) is 0. The first kappa shape index (κ1) is 9.20. The number of fused-ring (bicyclic) bond motifs is 1. The Labute approximate surface area is 79.6 Å². The number of rotatable bonds is 0. The van der Waals surface area contributed by atoms with Crippen molar-refractivity contribution < 1.29 is 4.39 Å². The van der Waals surface area contributed by atoms with Crippen LogP contribution in [0.3, 0.4) is 0 Å². The quantitative estimate of drug-likeness (QED) is 0.521. The largest absolute Gasteiger partial charge is 0.297 e. The van der Waals surface area contributed by atoms with Crippen LogP contribution in [0.2, 0.25) is 0 Å². The predicted octanol–water partition coefficient (Wildman–Crippen LogP) is 2.38. The first-order valence-electron chi connectivity index (χ1n) is 5.23. The van der Waals surface area contributed by atoms with Crippen molar-refractivity contribution in [2.75, 3.05) is 7.05 Å². The number of likely N-dealkylation sites (N-methyl/N-ethyl adjacent to an activating group) is 1. The maximum absolute atomic E-state index is 13.1. The number of hydrogen-bond acceptors (Lipinski definition) is 1. The average Bonchev–Trinajstić information content (AvgIpc) is 2.12. The third-order valence-corrected chi connectivity index (χ3v) is 3.60. The highest BCUT2D eigenvalue weighted by Crippen LogP contribution is 2.34. The summed E-state index contributed by atoms with van der Waals surface area (Å²) in [6.07, 6.45) is 6.38. The lowest BCUT2D eigenvalue weighted by Gasteiger charge is -2.43. The van der Waals surface area contributed by atoms with Gasteiger partial charge in [0, 0.05) is 12.1 Å². The van der Waals surface area contributed by atoms with Crippen molar-refractivity contribution in [3.05, 3.63) is 12.2 Å². The molecule has 0 aromatic rings. The zero-order valence-electron chi connectivity index (χ0n) is 8.41. The summed E-state index contributed by atoms with van der Waals surface area (Å²) in [6.45, 7) is 2.20. The molecule has 0 amide bonds. The van der Waals surface area contributed by atoms with E-state index in [1.807, 2.05) is 0 Å². The molecule has 1 aliphatic carbocycles. The van der Waals surface area contributed by atoms with Gasteiger partial charge in [0.2, 0.25) is 0 Å². The van der Waals surface area contributed by atoms with E-state index in [-0.39, 0.29) is 0 Å². The third kappa shape index (κ3) is 1.64. The smallest absolute Gasteiger partial charge is 0.101 e. The van der Waals surface area contributed by atoms with Crippen molar-refractivity contribution in [2.24, 2.45) is 5.92 Å². The van der Waals surface area contributed by atoms with Crippen molar-refractivity contribution in [3.63, 3.8) is 0 Å². The monoisotopic (exact) mass is 183 g/mol. The van der Waals surface area contributed by atoms with E-state index in [4.69, 9.17) is 0 Å². The highest BCUT2D eigenvalue weighted by molar-refractivity contribution is 5.07. The molecule has 1 saturated carbocycles. The van der Waals surface area contributed by atoms with Gasteiger partial charge in [0.15, 0.2) is 0 Å². The Balaban J connectivity index is 2.12. The number of hydrogen-bond donors (Lipinski definition) is 0. The van der Waals surface area contributed by atoms with Gasteiger partial charge in [0.1, 0.15) is 6.17 Å². The average molecular weight is 183 g/mol. The zero-order valence-corrected chi connectivity index (χ0v) is 8.41. The van der Waals surface area contributed by atoms with Crippen LogP contribution in [0, 0.1) is 5.92 Å². The Morgan fingerprint density at radius 1 is 1.31 bits per heavy atom. The van der Waals surface area contributed by atoms with Gasteiger partial charge in [-0.2, -0.15) is 0 Å². The normalized spacial score (nSPS) is 46.1. The fourth-order valence-corrected chi connectivity index (χ4v) is 2.59. The van der Waals surface area contributed by atoms with Crippen LogP contribution in [0.1, 0.15) is 26.2 Å². The van der Waals surface area contributed by atoms with Crippen LogP contribution in [0.4, 0.5) is 4.39 Å². The Morgan fingerprint density at radius 3 is 2.85 bits per heavy atom. The molecule has 74 valence electrons. The van der Waals surface area contributed by atoms with Gasteiger partial charge < -0.3 is 0 Å². The van der Waals surface area contributed by atoms with E-state index < -0.39 is 6.17 Å². The van der Waals surface area contributed by atoms with E-state index in [1.165, 1.54) is 0 Å². The van der Waals surface area contributed by atoms with E-state index in [0.717, 1.165) is 19.3 Å². The Hall–Kier alpha value is -0.370. The summed E-state index contributed by atoms with van der Waals surface area (Å²) in [5, 5.41) is 0. The molecule has 1 aliphatic heterocycles. The molecule has 2 heteroatoms. The second-order valence-corrected chi connectivity index (χ2v) is 4.43. The van der Waals surface area contributed by atoms with Gasteiger partial charge in [-0.15, -0.1) is 0 Å². The van der Waals surface area contributed by atoms with E-state index in [0.29, 0.717) is 18.0 Å². The van der Waals surface area contributed by atoms with Crippen LogP contribution in [0.25, 0.3) is 0 Å². The van der Waals surface area contributed by atoms with Gasteiger partial charge in [-0.1, -0.05) is 12.2 Å². The summed E-state index contributed by atoms with van der Waals surface area (Å²) in [7, 11) is 2.16. The first-order chi connectivity index (χ1) is 6.18. The molecule has 2 aliphatic rings. The minimum absolute atomic E-state index is 0.463. The van der Waals surface area contributed by atoms with Crippen LogP contribution in [0.15, 0.2) is 12.2 Å². The van der Waals surface area contributed by atoms with Gasteiger partial charge in [-0.25, -0.2) is 4.39 Å². The van der Waals surface area contributed by atoms with Crippen LogP contribution in [-0.2, 0) is 0 Å². The van der Waals surface area contributed by atoms with Gasteiger partial charge >= 0.3 is 0 Å². The molecular formula is C11H18FN. The topological polar surface area (TPSA) is 3.24 Å². The first-order valence-corrected chi connectivity index (χ1v) is 5.23.